The van der Waals surface area contributed by atoms with E-state index < -0.39 is 4.92 Å². The molecule has 1 aromatic heterocycles. The molecule has 1 aliphatic heterocycles. The van der Waals surface area contributed by atoms with Gasteiger partial charge in [0, 0.05) is 13.1 Å². The fourth-order valence-corrected chi connectivity index (χ4v) is 4.06. The highest BCUT2D eigenvalue weighted by atomic mass is 32.2. The third-order valence-electron chi connectivity index (χ3n) is 3.17. The smallest absolute Gasteiger partial charge is 0.401 e. The summed E-state index contributed by atoms with van der Waals surface area (Å²) in [4.78, 5) is 11.7. The van der Waals surface area contributed by atoms with Crippen molar-refractivity contribution in [1.29, 1.82) is 0 Å². The number of thiocarbonyl (C=S) groups is 1. The van der Waals surface area contributed by atoms with Crippen LogP contribution in [0.15, 0.2) is 22.6 Å². The first-order chi connectivity index (χ1) is 10.2. The van der Waals surface area contributed by atoms with Gasteiger partial charge >= 0.3 is 5.88 Å². The van der Waals surface area contributed by atoms with Crippen LogP contribution in [0.4, 0.5) is 5.88 Å². The van der Waals surface area contributed by atoms with Crippen molar-refractivity contribution in [2.24, 2.45) is 0 Å². The summed E-state index contributed by atoms with van der Waals surface area (Å²) in [5.74, 6) is 0.0131. The van der Waals surface area contributed by atoms with Gasteiger partial charge in [-0.1, -0.05) is 24.0 Å². The number of hydrogen-bond acceptors (Lipinski definition) is 6. The predicted molar refractivity (Wildman–Crippen MR) is 88.3 cm³/mol. The Hall–Kier alpha value is -1.87. The topological polar surface area (TPSA) is 82.8 Å². The number of allylic oxidation sites excluding steroid dienone is 1. The summed E-state index contributed by atoms with van der Waals surface area (Å²) < 4.78 is 6.51. The minimum absolute atomic E-state index is 0.269. The molecular formula is C13H16N3O4S2+. The van der Waals surface area contributed by atoms with Crippen molar-refractivity contribution in [2.75, 3.05) is 7.05 Å². The molecule has 118 valence electrons. The van der Waals surface area contributed by atoms with E-state index in [0.29, 0.717) is 10.1 Å². The Balaban J connectivity index is 2.13. The number of furan rings is 1. The first-order valence-electron chi connectivity index (χ1n) is 6.41. The highest BCUT2D eigenvalue weighted by molar-refractivity contribution is 8.24. The lowest BCUT2D eigenvalue weighted by atomic mass is 10.1. The Labute approximate surface area is 137 Å². The van der Waals surface area contributed by atoms with Gasteiger partial charge in [-0.3, -0.25) is 20.2 Å². The second-order valence-corrected chi connectivity index (χ2v) is 7.57. The predicted octanol–water partition coefficient (Wildman–Crippen LogP) is 2.74. The van der Waals surface area contributed by atoms with Crippen LogP contribution in [0.2, 0.25) is 0 Å². The van der Waals surface area contributed by atoms with Crippen LogP contribution in [0.25, 0.3) is 6.08 Å². The lowest BCUT2D eigenvalue weighted by Gasteiger charge is -2.21. The number of nitro groups is 1. The van der Waals surface area contributed by atoms with Gasteiger partial charge in [-0.2, -0.15) is 0 Å². The summed E-state index contributed by atoms with van der Waals surface area (Å²) in [6, 6.07) is 2.76. The first-order valence-corrected chi connectivity index (χ1v) is 7.63. The maximum absolute atomic E-state index is 10.5. The van der Waals surface area contributed by atoms with Crippen molar-refractivity contribution in [3.63, 3.8) is 0 Å². The Bertz CT molecular complexity index is 666. The quantitative estimate of drug-likeness (QED) is 0.225. The monoisotopic (exact) mass is 342 g/mol. The Morgan fingerprint density at radius 2 is 2.23 bits per heavy atom. The van der Waals surface area contributed by atoms with Gasteiger partial charge in [0.15, 0.2) is 0 Å². The molecule has 1 aliphatic rings. The lowest BCUT2D eigenvalue weighted by molar-refractivity contribution is -0.807. The molecule has 7 nitrogen and oxygen atoms in total. The van der Waals surface area contributed by atoms with Gasteiger partial charge in [0.25, 0.3) is 6.17 Å². The highest BCUT2D eigenvalue weighted by Crippen LogP contribution is 2.40. The minimum Gasteiger partial charge on any atom is -0.401 e. The summed E-state index contributed by atoms with van der Waals surface area (Å²) in [7, 11) is 1.82. The van der Waals surface area contributed by atoms with E-state index in [1.165, 1.54) is 36.2 Å². The van der Waals surface area contributed by atoms with Gasteiger partial charge in [-0.25, -0.2) is 0 Å². The van der Waals surface area contributed by atoms with E-state index in [2.05, 4.69) is 0 Å². The van der Waals surface area contributed by atoms with Crippen molar-refractivity contribution in [2.45, 2.75) is 24.8 Å². The zero-order valence-corrected chi connectivity index (χ0v) is 13.9. The summed E-state index contributed by atoms with van der Waals surface area (Å²) >= 11 is 6.77. The van der Waals surface area contributed by atoms with Gasteiger partial charge in [0.1, 0.15) is 19.8 Å². The van der Waals surface area contributed by atoms with E-state index in [4.69, 9.17) is 16.6 Å². The van der Waals surface area contributed by atoms with Gasteiger partial charge in [-0.15, -0.1) is 0 Å². The normalized spacial score (nSPS) is 21.8. The van der Waals surface area contributed by atoms with Gasteiger partial charge in [0.2, 0.25) is 6.21 Å². The third kappa shape index (κ3) is 3.30. The van der Waals surface area contributed by atoms with E-state index in [-0.39, 0.29) is 16.8 Å². The average Bonchev–Trinajstić information content (AvgIpc) is 2.93. The molecule has 0 aromatic carbocycles. The van der Waals surface area contributed by atoms with Crippen molar-refractivity contribution in [3.05, 3.63) is 34.1 Å². The number of hydrogen-bond donors (Lipinski definition) is 1. The molecule has 1 fully saturated rings. The molecule has 0 aliphatic carbocycles. The van der Waals surface area contributed by atoms with E-state index in [0.717, 1.165) is 4.74 Å². The van der Waals surface area contributed by atoms with Crippen LogP contribution in [0, 0.1) is 10.1 Å². The SMILES string of the molecule is CN1C(=S)SC(C)(C)C1[N+](O)=CC=Cc1ccc([N+](=O)[O-])o1. The maximum Gasteiger partial charge on any atom is 0.433 e. The molecule has 22 heavy (non-hydrogen) atoms. The Morgan fingerprint density at radius 3 is 2.73 bits per heavy atom. The van der Waals surface area contributed by atoms with Gasteiger partial charge in [0.05, 0.1) is 6.07 Å². The molecule has 0 bridgehead atoms. The van der Waals surface area contributed by atoms with Crippen LogP contribution in [0.5, 0.6) is 0 Å². The standard InChI is InChI=1S/C13H16N3O4S2/c1-13(2)11(14(3)12(21)22-13)15(17)8-4-5-9-6-7-10(20-9)16(18)19/h4-8,11,17H,1-3H3/q+1. The number of nitrogens with zero attached hydrogens (tertiary/aromatic N) is 3. The van der Waals surface area contributed by atoms with Gasteiger partial charge < -0.3 is 4.42 Å². The summed E-state index contributed by atoms with van der Waals surface area (Å²) in [6.07, 6.45) is 4.24. The van der Waals surface area contributed by atoms with Crippen LogP contribution in [-0.2, 0) is 0 Å². The zero-order valence-electron chi connectivity index (χ0n) is 12.3. The van der Waals surface area contributed by atoms with Crippen molar-refractivity contribution < 1.29 is 19.3 Å². The second kappa shape index (κ2) is 6.09. The molecule has 1 saturated heterocycles. The Morgan fingerprint density at radius 1 is 1.55 bits per heavy atom. The van der Waals surface area contributed by atoms with Crippen molar-refractivity contribution in [3.8, 4) is 0 Å². The second-order valence-electron chi connectivity index (χ2n) is 5.28. The molecule has 1 N–H and O–H groups in total. The number of hydroxylamine groups is 1. The lowest BCUT2D eigenvalue weighted by Crippen LogP contribution is -2.46. The fraction of sp³-hybridized carbons (Fsp3) is 0.385. The van der Waals surface area contributed by atoms with Crippen LogP contribution in [0.1, 0.15) is 19.6 Å². The van der Waals surface area contributed by atoms with Crippen LogP contribution in [0.3, 0.4) is 0 Å². The molecule has 1 unspecified atom stereocenters. The van der Waals surface area contributed by atoms with Crippen molar-refractivity contribution in [1.82, 2.24) is 4.90 Å². The van der Waals surface area contributed by atoms with Crippen LogP contribution >= 0.6 is 24.0 Å². The average molecular weight is 342 g/mol. The molecule has 2 heterocycles. The highest BCUT2D eigenvalue weighted by Gasteiger charge is 2.51. The maximum atomic E-state index is 10.5. The van der Waals surface area contributed by atoms with Crippen molar-refractivity contribution >= 4 is 46.5 Å². The van der Waals surface area contributed by atoms with E-state index in [9.17, 15) is 15.3 Å². The molecule has 0 radical (unpaired) electrons. The first kappa shape index (κ1) is 16.5. The molecule has 1 atom stereocenters. The Kier molecular flexibility index (Phi) is 4.57. The number of rotatable bonds is 4. The molecule has 2 rings (SSSR count). The summed E-state index contributed by atoms with van der Waals surface area (Å²) in [5.41, 5.74) is 0. The largest absolute Gasteiger partial charge is 0.433 e. The summed E-state index contributed by atoms with van der Waals surface area (Å²) in [6.45, 7) is 3.99. The third-order valence-corrected chi connectivity index (χ3v) is 4.91. The van der Waals surface area contributed by atoms with E-state index in [1.54, 1.807) is 6.08 Å². The van der Waals surface area contributed by atoms with Crippen LogP contribution < -0.4 is 0 Å². The van der Waals surface area contributed by atoms with Gasteiger partial charge in [-0.05, 0) is 30.7 Å². The molecule has 0 spiro atoms. The molecule has 0 amide bonds. The minimum atomic E-state index is -0.604. The van der Waals surface area contributed by atoms with E-state index in [1.807, 2.05) is 25.8 Å². The molecule has 0 saturated carbocycles. The molecular weight excluding hydrogens is 326 g/mol. The van der Waals surface area contributed by atoms with Crippen LogP contribution in [-0.4, -0.2) is 48.3 Å². The zero-order chi connectivity index (χ0) is 16.5. The summed E-state index contributed by atoms with van der Waals surface area (Å²) in [5, 5.41) is 20.7. The molecule has 1 aromatic rings. The van der Waals surface area contributed by atoms with E-state index >= 15 is 0 Å². The number of thioether (sulfide) groups is 1. The fourth-order valence-electron chi connectivity index (χ4n) is 2.25. The molecule has 9 heteroatoms.